The van der Waals surface area contributed by atoms with Crippen LogP contribution in [0.15, 0.2) is 36.4 Å². The van der Waals surface area contributed by atoms with Gasteiger partial charge in [0.05, 0.1) is 4.34 Å². The van der Waals surface area contributed by atoms with Crippen LogP contribution in [0.25, 0.3) is 0 Å². The number of thiophene rings is 1. The van der Waals surface area contributed by atoms with Crippen molar-refractivity contribution in [3.63, 3.8) is 0 Å². The van der Waals surface area contributed by atoms with E-state index in [0.717, 1.165) is 10.9 Å². The zero-order valence-corrected chi connectivity index (χ0v) is 14.6. The van der Waals surface area contributed by atoms with Gasteiger partial charge in [-0.05, 0) is 56.0 Å². The van der Waals surface area contributed by atoms with Gasteiger partial charge in [0.15, 0.2) is 0 Å². The standard InChI is InChI=1S/C18H23ClN2S/c1-14(17-9-10-18(19)22-17)20-13-15-5-7-16(8-6-15)21-11-3-2-4-12-21/h5-10,14,20H,2-4,11-13H2,1H3. The molecule has 1 aromatic carbocycles. The summed E-state index contributed by atoms with van der Waals surface area (Å²) in [5.41, 5.74) is 2.69. The molecule has 1 aromatic heterocycles. The van der Waals surface area contributed by atoms with Gasteiger partial charge in [0, 0.05) is 36.2 Å². The lowest BCUT2D eigenvalue weighted by Crippen LogP contribution is -2.29. The first-order valence-corrected chi connectivity index (χ1v) is 9.24. The van der Waals surface area contributed by atoms with E-state index in [4.69, 9.17) is 11.6 Å². The number of hydrogen-bond donors (Lipinski definition) is 1. The Morgan fingerprint density at radius 2 is 1.82 bits per heavy atom. The molecule has 2 aromatic rings. The average Bonchev–Trinajstić information content (AvgIpc) is 3.00. The van der Waals surface area contributed by atoms with Crippen molar-refractivity contribution in [2.24, 2.45) is 0 Å². The molecule has 1 unspecified atom stereocenters. The molecule has 4 heteroatoms. The summed E-state index contributed by atoms with van der Waals surface area (Å²) in [5.74, 6) is 0. The van der Waals surface area contributed by atoms with Crippen LogP contribution in [-0.2, 0) is 6.54 Å². The van der Waals surface area contributed by atoms with E-state index in [-0.39, 0.29) is 0 Å². The normalized spacial score (nSPS) is 16.7. The number of piperidine rings is 1. The maximum atomic E-state index is 6.00. The average molecular weight is 335 g/mol. The summed E-state index contributed by atoms with van der Waals surface area (Å²) in [6, 6.07) is 13.4. The van der Waals surface area contributed by atoms with Gasteiger partial charge < -0.3 is 10.2 Å². The van der Waals surface area contributed by atoms with Crippen molar-refractivity contribution in [2.45, 2.75) is 38.8 Å². The van der Waals surface area contributed by atoms with Crippen LogP contribution in [0.3, 0.4) is 0 Å². The molecule has 3 rings (SSSR count). The Morgan fingerprint density at radius 1 is 1.09 bits per heavy atom. The van der Waals surface area contributed by atoms with Gasteiger partial charge in [0.1, 0.15) is 0 Å². The molecular formula is C18H23ClN2S. The van der Waals surface area contributed by atoms with Gasteiger partial charge in [0.2, 0.25) is 0 Å². The Kier molecular flexibility index (Phi) is 5.40. The Balaban J connectivity index is 1.54. The van der Waals surface area contributed by atoms with Gasteiger partial charge in [-0.15, -0.1) is 11.3 Å². The largest absolute Gasteiger partial charge is 0.372 e. The monoisotopic (exact) mass is 334 g/mol. The van der Waals surface area contributed by atoms with E-state index in [1.807, 2.05) is 6.07 Å². The molecule has 22 heavy (non-hydrogen) atoms. The van der Waals surface area contributed by atoms with E-state index < -0.39 is 0 Å². The van der Waals surface area contributed by atoms with Crippen LogP contribution >= 0.6 is 22.9 Å². The maximum absolute atomic E-state index is 6.00. The number of rotatable bonds is 5. The lowest BCUT2D eigenvalue weighted by atomic mass is 10.1. The minimum absolute atomic E-state index is 0.333. The van der Waals surface area contributed by atoms with E-state index in [0.29, 0.717) is 6.04 Å². The summed E-state index contributed by atoms with van der Waals surface area (Å²) in [5, 5.41) is 3.57. The van der Waals surface area contributed by atoms with Gasteiger partial charge in [0.25, 0.3) is 0 Å². The lowest BCUT2D eigenvalue weighted by Gasteiger charge is -2.28. The fourth-order valence-corrected chi connectivity index (χ4v) is 4.00. The highest BCUT2D eigenvalue weighted by molar-refractivity contribution is 7.16. The molecule has 1 fully saturated rings. The van der Waals surface area contributed by atoms with Crippen molar-refractivity contribution >= 4 is 28.6 Å². The van der Waals surface area contributed by atoms with Crippen molar-refractivity contribution in [3.05, 3.63) is 51.2 Å². The number of nitrogens with one attached hydrogen (secondary N) is 1. The number of benzene rings is 1. The molecule has 0 saturated carbocycles. The first-order chi connectivity index (χ1) is 10.7. The first-order valence-electron chi connectivity index (χ1n) is 8.05. The molecule has 2 heterocycles. The third kappa shape index (κ3) is 4.03. The minimum atomic E-state index is 0.333. The van der Waals surface area contributed by atoms with Crippen LogP contribution in [0.5, 0.6) is 0 Å². The fraction of sp³-hybridized carbons (Fsp3) is 0.444. The van der Waals surface area contributed by atoms with Crippen molar-refractivity contribution in [2.75, 3.05) is 18.0 Å². The molecule has 1 aliphatic rings. The van der Waals surface area contributed by atoms with Crippen LogP contribution in [-0.4, -0.2) is 13.1 Å². The molecule has 2 nitrogen and oxygen atoms in total. The number of anilines is 1. The predicted molar refractivity (Wildman–Crippen MR) is 97.1 cm³/mol. The number of halogens is 1. The van der Waals surface area contributed by atoms with Crippen LogP contribution in [0.2, 0.25) is 4.34 Å². The maximum Gasteiger partial charge on any atom is 0.0931 e. The fourth-order valence-electron chi connectivity index (χ4n) is 2.91. The first kappa shape index (κ1) is 15.9. The highest BCUT2D eigenvalue weighted by Crippen LogP contribution is 2.27. The molecule has 0 amide bonds. The lowest BCUT2D eigenvalue weighted by molar-refractivity contribution is 0.576. The van der Waals surface area contributed by atoms with Crippen molar-refractivity contribution in [1.82, 2.24) is 5.32 Å². The summed E-state index contributed by atoms with van der Waals surface area (Å²) in [4.78, 5) is 3.78. The third-order valence-corrected chi connectivity index (χ3v) is 5.70. The second kappa shape index (κ2) is 7.49. The van der Waals surface area contributed by atoms with E-state index in [1.165, 1.54) is 48.5 Å². The van der Waals surface area contributed by atoms with Gasteiger partial charge in [-0.2, -0.15) is 0 Å². The Hall–Kier alpha value is -1.03. The minimum Gasteiger partial charge on any atom is -0.372 e. The van der Waals surface area contributed by atoms with Gasteiger partial charge in [-0.3, -0.25) is 0 Å². The number of hydrogen-bond acceptors (Lipinski definition) is 3. The topological polar surface area (TPSA) is 15.3 Å². The summed E-state index contributed by atoms with van der Waals surface area (Å²) < 4.78 is 0.856. The van der Waals surface area contributed by atoms with Gasteiger partial charge in [-0.25, -0.2) is 0 Å². The zero-order valence-electron chi connectivity index (χ0n) is 13.0. The molecule has 0 bridgehead atoms. The van der Waals surface area contributed by atoms with Crippen molar-refractivity contribution in [3.8, 4) is 0 Å². The van der Waals surface area contributed by atoms with Crippen molar-refractivity contribution < 1.29 is 0 Å². The molecule has 1 saturated heterocycles. The number of nitrogens with zero attached hydrogens (tertiary/aromatic N) is 1. The van der Waals surface area contributed by atoms with Crippen LogP contribution in [0, 0.1) is 0 Å². The molecule has 1 aliphatic heterocycles. The molecule has 0 spiro atoms. The van der Waals surface area contributed by atoms with E-state index in [9.17, 15) is 0 Å². The molecular weight excluding hydrogens is 312 g/mol. The second-order valence-electron chi connectivity index (χ2n) is 5.96. The smallest absolute Gasteiger partial charge is 0.0931 e. The SMILES string of the molecule is CC(NCc1ccc(N2CCCCC2)cc1)c1ccc(Cl)s1. The summed E-state index contributed by atoms with van der Waals surface area (Å²) in [6.07, 6.45) is 4.03. The molecule has 118 valence electrons. The highest BCUT2D eigenvalue weighted by Gasteiger charge is 2.11. The Bertz CT molecular complexity index is 587. The van der Waals surface area contributed by atoms with Gasteiger partial charge >= 0.3 is 0 Å². The molecule has 1 atom stereocenters. The molecule has 0 radical (unpaired) electrons. The summed E-state index contributed by atoms with van der Waals surface area (Å²) >= 11 is 7.65. The predicted octanol–water partition coefficient (Wildman–Crippen LogP) is 5.24. The Labute approximate surface area is 142 Å². The van der Waals surface area contributed by atoms with E-state index >= 15 is 0 Å². The molecule has 0 aliphatic carbocycles. The molecule has 1 N–H and O–H groups in total. The Morgan fingerprint density at radius 3 is 2.45 bits per heavy atom. The second-order valence-corrected chi connectivity index (χ2v) is 7.71. The van der Waals surface area contributed by atoms with Crippen LogP contribution < -0.4 is 10.2 Å². The van der Waals surface area contributed by atoms with E-state index in [1.54, 1.807) is 11.3 Å². The zero-order chi connectivity index (χ0) is 15.4. The van der Waals surface area contributed by atoms with Crippen LogP contribution in [0.4, 0.5) is 5.69 Å². The van der Waals surface area contributed by atoms with Crippen molar-refractivity contribution in [1.29, 1.82) is 0 Å². The van der Waals surface area contributed by atoms with Gasteiger partial charge in [-0.1, -0.05) is 23.7 Å². The third-order valence-electron chi connectivity index (χ3n) is 4.29. The quantitative estimate of drug-likeness (QED) is 0.804. The summed E-state index contributed by atoms with van der Waals surface area (Å²) in [7, 11) is 0. The van der Waals surface area contributed by atoms with Crippen LogP contribution in [0.1, 0.15) is 42.7 Å². The highest BCUT2D eigenvalue weighted by atomic mass is 35.5. The summed E-state index contributed by atoms with van der Waals surface area (Å²) in [6.45, 7) is 5.47. The van der Waals surface area contributed by atoms with E-state index in [2.05, 4.69) is 47.5 Å².